The van der Waals surface area contributed by atoms with Crippen molar-refractivity contribution in [2.45, 2.75) is 65.5 Å². The number of rotatable bonds is 9. The maximum Gasteiger partial charge on any atom is 0.418 e. The number of aryl methyl sites for hydroxylation is 1. The molecule has 0 radical (unpaired) electrons. The molecule has 0 bridgehead atoms. The molecule has 3 heterocycles. The van der Waals surface area contributed by atoms with Gasteiger partial charge in [0.25, 0.3) is 0 Å². The summed E-state index contributed by atoms with van der Waals surface area (Å²) in [6.07, 6.45) is -6.81. The molecule has 0 spiro atoms. The van der Waals surface area contributed by atoms with Gasteiger partial charge in [0.05, 0.1) is 36.1 Å². The van der Waals surface area contributed by atoms with E-state index < -0.39 is 63.2 Å². The molecule has 1 atom stereocenters. The van der Waals surface area contributed by atoms with Gasteiger partial charge < -0.3 is 28.9 Å². The summed E-state index contributed by atoms with van der Waals surface area (Å²) in [7, 11) is 3.07. The topological polar surface area (TPSA) is 93.2 Å². The molecule has 2 aromatic heterocycles. The molecule has 5 aromatic rings. The van der Waals surface area contributed by atoms with Gasteiger partial charge in [-0.25, -0.2) is 14.2 Å². The molecule has 0 unspecified atom stereocenters. The third kappa shape index (κ3) is 9.08. The van der Waals surface area contributed by atoms with E-state index in [-0.39, 0.29) is 55.3 Å². The number of halogens is 6. The zero-order valence-corrected chi connectivity index (χ0v) is 33.2. The Hall–Kier alpha value is -5.44. The highest BCUT2D eigenvalue weighted by molar-refractivity contribution is 6.34. The number of anilines is 2. The Bertz CT molecular complexity index is 2220. The largest absolute Gasteiger partial charge is 0.497 e. The van der Waals surface area contributed by atoms with E-state index in [1.54, 1.807) is 61.8 Å². The normalized spacial score (nSPS) is 14.9. The molecule has 6 rings (SSSR count). The van der Waals surface area contributed by atoms with Gasteiger partial charge in [0, 0.05) is 44.2 Å². The van der Waals surface area contributed by atoms with E-state index in [4.69, 9.17) is 25.8 Å². The lowest BCUT2D eigenvalue weighted by molar-refractivity contribution is -0.137. The lowest BCUT2D eigenvalue weighted by atomic mass is 9.98. The molecule has 3 aromatic carbocycles. The minimum atomic E-state index is -4.99. The van der Waals surface area contributed by atoms with Gasteiger partial charge in [-0.05, 0) is 87.7 Å². The number of carbonyl (C=O) groups is 1. The average Bonchev–Trinajstić information content (AvgIpc) is 3.14. The molecular formula is C41H42ClF5N6O4. The van der Waals surface area contributed by atoms with Gasteiger partial charge in [-0.3, -0.25) is 0 Å². The van der Waals surface area contributed by atoms with Crippen molar-refractivity contribution in [1.29, 1.82) is 0 Å². The van der Waals surface area contributed by atoms with Crippen LogP contribution in [0, 0.1) is 18.8 Å². The van der Waals surface area contributed by atoms with Gasteiger partial charge in [0.15, 0.2) is 5.82 Å². The number of pyridine rings is 1. The van der Waals surface area contributed by atoms with E-state index in [2.05, 4.69) is 15.0 Å². The number of aromatic nitrogens is 3. The molecule has 57 heavy (non-hydrogen) atoms. The Kier molecular flexibility index (Phi) is 11.7. The number of ether oxygens (including phenoxy) is 3. The van der Waals surface area contributed by atoms with Gasteiger partial charge in [-0.15, -0.1) is 0 Å². The summed E-state index contributed by atoms with van der Waals surface area (Å²) in [6.45, 7) is 9.18. The van der Waals surface area contributed by atoms with Crippen LogP contribution in [0.25, 0.3) is 22.2 Å². The maximum atomic E-state index is 17.0. The van der Waals surface area contributed by atoms with E-state index in [0.717, 1.165) is 11.1 Å². The van der Waals surface area contributed by atoms with Gasteiger partial charge >= 0.3 is 18.3 Å². The van der Waals surface area contributed by atoms with Crippen molar-refractivity contribution in [3.63, 3.8) is 0 Å². The lowest BCUT2D eigenvalue weighted by Crippen LogP contribution is -2.55. The molecule has 1 amide bonds. The van der Waals surface area contributed by atoms with Crippen LogP contribution < -0.4 is 19.3 Å². The molecule has 0 aliphatic carbocycles. The first-order valence-corrected chi connectivity index (χ1v) is 18.4. The third-order valence-corrected chi connectivity index (χ3v) is 9.80. The van der Waals surface area contributed by atoms with Crippen molar-refractivity contribution in [3.05, 3.63) is 99.8 Å². The first-order chi connectivity index (χ1) is 26.9. The highest BCUT2D eigenvalue weighted by Crippen LogP contribution is 2.45. The second-order valence-corrected chi connectivity index (χ2v) is 15.2. The monoisotopic (exact) mass is 812 g/mol. The van der Waals surface area contributed by atoms with Crippen LogP contribution in [0.15, 0.2) is 60.7 Å². The summed E-state index contributed by atoms with van der Waals surface area (Å²) in [5.74, 6) is 0.0119. The fraction of sp³-hybridized carbons (Fsp3) is 0.366. The minimum Gasteiger partial charge on any atom is -0.497 e. The minimum absolute atomic E-state index is 0.0257. The predicted molar refractivity (Wildman–Crippen MR) is 208 cm³/mol. The molecule has 302 valence electrons. The Labute approximate surface area is 332 Å². The SMILES string of the molecule is COc1ccc(CN(Cc2ccc(OC)cc2)c2cc(C)c(C(F)(F)F)c(-c3c(Cl)cc4c(N5CCN(C(=O)OC(C)(C)C)C[C@@H]5C)nc(F)nc4c3F)n2)cc1. The van der Waals surface area contributed by atoms with Crippen LogP contribution in [-0.4, -0.2) is 71.4 Å². The van der Waals surface area contributed by atoms with E-state index in [1.807, 2.05) is 24.3 Å². The fourth-order valence-electron chi connectivity index (χ4n) is 6.83. The van der Waals surface area contributed by atoms with Crippen molar-refractivity contribution < 1.29 is 41.0 Å². The van der Waals surface area contributed by atoms with Crippen LogP contribution in [0.1, 0.15) is 49.9 Å². The average molecular weight is 813 g/mol. The highest BCUT2D eigenvalue weighted by atomic mass is 35.5. The van der Waals surface area contributed by atoms with Crippen molar-refractivity contribution >= 4 is 40.2 Å². The van der Waals surface area contributed by atoms with Crippen molar-refractivity contribution in [2.75, 3.05) is 43.7 Å². The Morgan fingerprint density at radius 2 is 1.47 bits per heavy atom. The number of benzene rings is 3. The quantitative estimate of drug-likeness (QED) is 0.107. The first kappa shape index (κ1) is 41.2. The zero-order chi connectivity index (χ0) is 41.4. The van der Waals surface area contributed by atoms with E-state index in [0.29, 0.717) is 11.5 Å². The Morgan fingerprint density at radius 1 is 0.895 bits per heavy atom. The molecule has 0 N–H and O–H groups in total. The highest BCUT2D eigenvalue weighted by Gasteiger charge is 2.39. The van der Waals surface area contributed by atoms with Crippen LogP contribution in [0.2, 0.25) is 5.02 Å². The summed E-state index contributed by atoms with van der Waals surface area (Å²) < 4.78 is 93.2. The smallest absolute Gasteiger partial charge is 0.418 e. The van der Waals surface area contributed by atoms with Crippen molar-refractivity contribution in [1.82, 2.24) is 19.9 Å². The molecule has 1 saturated heterocycles. The summed E-state index contributed by atoms with van der Waals surface area (Å²) in [5, 5.41) is -0.440. The number of piperazine rings is 1. The Balaban J connectivity index is 1.46. The number of nitrogens with zero attached hydrogens (tertiary/aromatic N) is 6. The number of carbonyl (C=O) groups excluding carboxylic acids is 1. The zero-order valence-electron chi connectivity index (χ0n) is 32.5. The number of alkyl halides is 3. The molecule has 10 nitrogen and oxygen atoms in total. The predicted octanol–water partition coefficient (Wildman–Crippen LogP) is 9.62. The fourth-order valence-corrected chi connectivity index (χ4v) is 7.11. The van der Waals surface area contributed by atoms with Crippen LogP contribution in [0.5, 0.6) is 11.5 Å². The Morgan fingerprint density at radius 3 is 1.98 bits per heavy atom. The number of hydrogen-bond acceptors (Lipinski definition) is 9. The summed E-state index contributed by atoms with van der Waals surface area (Å²) in [6, 6.07) is 16.4. The maximum absolute atomic E-state index is 17.0. The number of hydrogen-bond donors (Lipinski definition) is 0. The number of methoxy groups -OCH3 is 2. The summed E-state index contributed by atoms with van der Waals surface area (Å²) in [5.41, 5.74) is -2.63. The molecule has 16 heteroatoms. The van der Waals surface area contributed by atoms with Gasteiger partial charge in [0.1, 0.15) is 34.3 Å². The molecule has 1 aliphatic heterocycles. The molecule has 0 saturated carbocycles. The first-order valence-electron chi connectivity index (χ1n) is 18.1. The standard InChI is InChI=1S/C41H42ClF5N6O4/c1-23-18-31(52(21-25-8-12-27(55-6)13-9-25)22-26-10-14-28(56-7)15-11-26)48-36(33(23)41(45,46)47)32-30(42)19-29-35(34(32)43)49-38(44)50-37(29)53-17-16-51(20-24(53)2)39(54)57-40(3,4)5/h8-15,18-19,24H,16-17,20-22H2,1-7H3/t24-/m0/s1. The van der Waals surface area contributed by atoms with Crippen molar-refractivity contribution in [3.8, 4) is 22.8 Å². The van der Waals surface area contributed by atoms with Crippen LogP contribution in [-0.2, 0) is 24.0 Å². The lowest BCUT2D eigenvalue weighted by Gasteiger charge is -2.41. The molecule has 1 fully saturated rings. The van der Waals surface area contributed by atoms with Crippen LogP contribution in [0.4, 0.5) is 38.4 Å². The van der Waals surface area contributed by atoms with E-state index in [9.17, 15) is 18.0 Å². The molecular weight excluding hydrogens is 771 g/mol. The third-order valence-electron chi connectivity index (χ3n) is 9.50. The second-order valence-electron chi connectivity index (χ2n) is 14.8. The van der Waals surface area contributed by atoms with E-state index in [1.165, 1.54) is 38.2 Å². The second kappa shape index (κ2) is 16.2. The summed E-state index contributed by atoms with van der Waals surface area (Å²) in [4.78, 5) is 29.9. The number of fused-ring (bicyclic) bond motifs is 1. The summed E-state index contributed by atoms with van der Waals surface area (Å²) >= 11 is 6.76. The van der Waals surface area contributed by atoms with Crippen LogP contribution >= 0.6 is 11.6 Å². The van der Waals surface area contributed by atoms with Crippen molar-refractivity contribution in [2.24, 2.45) is 0 Å². The molecule has 1 aliphatic rings. The van der Waals surface area contributed by atoms with Crippen LogP contribution in [0.3, 0.4) is 0 Å². The van der Waals surface area contributed by atoms with E-state index >= 15 is 8.78 Å². The van der Waals surface area contributed by atoms with Gasteiger partial charge in [-0.1, -0.05) is 35.9 Å². The van der Waals surface area contributed by atoms with Gasteiger partial charge in [-0.2, -0.15) is 27.5 Å². The number of amides is 1. The van der Waals surface area contributed by atoms with Gasteiger partial charge in [0.2, 0.25) is 0 Å².